The van der Waals surface area contributed by atoms with E-state index in [2.05, 4.69) is 24.4 Å². The van der Waals surface area contributed by atoms with Gasteiger partial charge >= 0.3 is 0 Å². The van der Waals surface area contributed by atoms with Gasteiger partial charge in [-0.2, -0.15) is 0 Å². The number of carbonyl (C=O) groups excluding carboxylic acids is 1. The first kappa shape index (κ1) is 19.4. The molecule has 144 valence electrons. The molecule has 0 bridgehead atoms. The van der Waals surface area contributed by atoms with E-state index in [9.17, 15) is 4.79 Å². The molecule has 0 aliphatic heterocycles. The number of hydrogen-bond donors (Lipinski definition) is 1. The first-order chi connectivity index (χ1) is 14.3. The highest BCUT2D eigenvalue weighted by molar-refractivity contribution is 7.99. The molecule has 1 heterocycles. The Morgan fingerprint density at radius 2 is 1.52 bits per heavy atom. The van der Waals surface area contributed by atoms with Crippen LogP contribution in [0.15, 0.2) is 89.8 Å². The predicted molar refractivity (Wildman–Crippen MR) is 124 cm³/mol. The monoisotopic (exact) mass is 416 g/mol. The van der Waals surface area contributed by atoms with Crippen molar-refractivity contribution < 1.29 is 4.79 Å². The molecule has 0 radical (unpaired) electrons. The van der Waals surface area contributed by atoms with Gasteiger partial charge in [-0.1, -0.05) is 91.1 Å². The number of nitrogens with one attached hydrogen (secondary N) is 1. The highest BCUT2D eigenvalue weighted by atomic mass is 32.2. The van der Waals surface area contributed by atoms with Gasteiger partial charge in [0.2, 0.25) is 0 Å². The maximum Gasteiger partial charge on any atom is 0.258 e. The molecular formula is C24H20N2OS2. The molecule has 1 amide bonds. The SMILES string of the molecule is CCSc1ccccc1C(=O)Nc1nc(-c2ccccc2)c(-c2ccccc2)s1. The van der Waals surface area contributed by atoms with E-state index in [0.717, 1.165) is 32.3 Å². The van der Waals surface area contributed by atoms with Crippen LogP contribution in [0.1, 0.15) is 17.3 Å². The minimum Gasteiger partial charge on any atom is -0.298 e. The number of aromatic nitrogens is 1. The lowest BCUT2D eigenvalue weighted by Crippen LogP contribution is -2.12. The summed E-state index contributed by atoms with van der Waals surface area (Å²) >= 11 is 3.16. The minimum atomic E-state index is -0.130. The molecule has 0 saturated carbocycles. The van der Waals surface area contributed by atoms with Crippen LogP contribution in [0.2, 0.25) is 0 Å². The smallest absolute Gasteiger partial charge is 0.258 e. The summed E-state index contributed by atoms with van der Waals surface area (Å²) in [6.07, 6.45) is 0. The maximum atomic E-state index is 12.9. The molecule has 0 spiro atoms. The molecule has 0 fully saturated rings. The number of hydrogen-bond acceptors (Lipinski definition) is 4. The summed E-state index contributed by atoms with van der Waals surface area (Å²) in [7, 11) is 0. The highest BCUT2D eigenvalue weighted by Crippen LogP contribution is 2.39. The van der Waals surface area contributed by atoms with Crippen molar-refractivity contribution in [1.29, 1.82) is 0 Å². The summed E-state index contributed by atoms with van der Waals surface area (Å²) in [5.74, 6) is 0.784. The Bertz CT molecular complexity index is 1050. The Hall–Kier alpha value is -2.89. The topological polar surface area (TPSA) is 42.0 Å². The Balaban J connectivity index is 1.70. The lowest BCUT2D eigenvalue weighted by atomic mass is 10.1. The number of rotatable bonds is 6. The van der Waals surface area contributed by atoms with Crippen LogP contribution in [-0.4, -0.2) is 16.6 Å². The van der Waals surface area contributed by atoms with E-state index in [1.807, 2.05) is 72.8 Å². The Morgan fingerprint density at radius 1 is 0.897 bits per heavy atom. The van der Waals surface area contributed by atoms with Crippen molar-refractivity contribution in [3.8, 4) is 21.7 Å². The average Bonchev–Trinajstić information content (AvgIpc) is 3.19. The van der Waals surface area contributed by atoms with Crippen LogP contribution < -0.4 is 5.32 Å². The summed E-state index contributed by atoms with van der Waals surface area (Å²) in [6, 6.07) is 27.9. The van der Waals surface area contributed by atoms with Crippen LogP contribution in [0.5, 0.6) is 0 Å². The highest BCUT2D eigenvalue weighted by Gasteiger charge is 2.18. The van der Waals surface area contributed by atoms with Crippen LogP contribution in [0.4, 0.5) is 5.13 Å². The summed E-state index contributed by atoms with van der Waals surface area (Å²) in [5.41, 5.74) is 3.68. The number of thioether (sulfide) groups is 1. The number of nitrogens with zero attached hydrogens (tertiary/aromatic N) is 1. The molecule has 1 N–H and O–H groups in total. The first-order valence-corrected chi connectivity index (χ1v) is 11.2. The van der Waals surface area contributed by atoms with Crippen molar-refractivity contribution in [3.63, 3.8) is 0 Å². The van der Waals surface area contributed by atoms with Gasteiger partial charge in [0.1, 0.15) is 0 Å². The molecule has 0 saturated heterocycles. The zero-order valence-corrected chi connectivity index (χ0v) is 17.6. The molecule has 0 atom stereocenters. The van der Waals surface area contributed by atoms with Crippen molar-refractivity contribution in [2.45, 2.75) is 11.8 Å². The van der Waals surface area contributed by atoms with E-state index in [4.69, 9.17) is 4.98 Å². The third kappa shape index (κ3) is 4.42. The van der Waals surface area contributed by atoms with Crippen LogP contribution in [0, 0.1) is 0 Å². The van der Waals surface area contributed by atoms with Gasteiger partial charge in [-0.25, -0.2) is 4.98 Å². The third-order valence-electron chi connectivity index (χ3n) is 4.36. The molecule has 0 aliphatic carbocycles. The molecule has 0 unspecified atom stereocenters. The lowest BCUT2D eigenvalue weighted by molar-refractivity contribution is 0.102. The number of thiazole rings is 1. The zero-order chi connectivity index (χ0) is 20.1. The molecule has 29 heavy (non-hydrogen) atoms. The summed E-state index contributed by atoms with van der Waals surface area (Å²) in [6.45, 7) is 2.08. The molecule has 5 heteroatoms. The molecule has 0 aliphatic rings. The number of benzene rings is 3. The van der Waals surface area contributed by atoms with Crippen molar-refractivity contribution in [3.05, 3.63) is 90.5 Å². The summed E-state index contributed by atoms with van der Waals surface area (Å²) in [4.78, 5) is 19.8. The fourth-order valence-electron chi connectivity index (χ4n) is 3.05. The summed E-state index contributed by atoms with van der Waals surface area (Å²) in [5, 5.41) is 3.61. The van der Waals surface area contributed by atoms with Crippen LogP contribution in [0.25, 0.3) is 21.7 Å². The van der Waals surface area contributed by atoms with Crippen molar-refractivity contribution in [1.82, 2.24) is 4.98 Å². The van der Waals surface area contributed by atoms with Crippen LogP contribution >= 0.6 is 23.1 Å². The molecule has 3 nitrogen and oxygen atoms in total. The molecule has 3 aromatic carbocycles. The van der Waals surface area contributed by atoms with Gasteiger partial charge in [0, 0.05) is 10.5 Å². The minimum absolute atomic E-state index is 0.130. The Morgan fingerprint density at radius 3 is 2.21 bits per heavy atom. The third-order valence-corrected chi connectivity index (χ3v) is 6.34. The van der Waals surface area contributed by atoms with Gasteiger partial charge in [-0.3, -0.25) is 10.1 Å². The summed E-state index contributed by atoms with van der Waals surface area (Å²) < 4.78 is 0. The van der Waals surface area contributed by atoms with E-state index in [1.165, 1.54) is 11.3 Å². The lowest BCUT2D eigenvalue weighted by Gasteiger charge is -2.07. The van der Waals surface area contributed by atoms with E-state index >= 15 is 0 Å². The van der Waals surface area contributed by atoms with Crippen molar-refractivity contribution >= 4 is 34.1 Å². The van der Waals surface area contributed by atoms with Crippen LogP contribution in [-0.2, 0) is 0 Å². The van der Waals surface area contributed by atoms with E-state index in [0.29, 0.717) is 10.7 Å². The van der Waals surface area contributed by atoms with Gasteiger partial charge < -0.3 is 0 Å². The molecule has 1 aromatic heterocycles. The van der Waals surface area contributed by atoms with Gasteiger partial charge in [-0.05, 0) is 23.4 Å². The van der Waals surface area contributed by atoms with Crippen molar-refractivity contribution in [2.24, 2.45) is 0 Å². The maximum absolute atomic E-state index is 12.9. The number of anilines is 1. The standard InChI is InChI=1S/C24H20N2OS2/c1-2-28-20-16-10-9-15-19(20)23(27)26-24-25-21(17-11-5-3-6-12-17)22(29-24)18-13-7-4-8-14-18/h3-16H,2H2,1H3,(H,25,26,27). The zero-order valence-electron chi connectivity index (χ0n) is 16.0. The second kappa shape index (κ2) is 9.07. The molecular weight excluding hydrogens is 396 g/mol. The average molecular weight is 417 g/mol. The second-order valence-electron chi connectivity index (χ2n) is 6.31. The quantitative estimate of drug-likeness (QED) is 0.350. The Labute approximate surface area is 178 Å². The fourth-order valence-corrected chi connectivity index (χ4v) is 4.84. The largest absolute Gasteiger partial charge is 0.298 e. The first-order valence-electron chi connectivity index (χ1n) is 9.41. The van der Waals surface area contributed by atoms with Gasteiger partial charge in [0.25, 0.3) is 5.91 Å². The van der Waals surface area contributed by atoms with E-state index < -0.39 is 0 Å². The molecule has 4 aromatic rings. The second-order valence-corrected chi connectivity index (χ2v) is 8.62. The normalized spacial score (nSPS) is 10.7. The van der Waals surface area contributed by atoms with Gasteiger partial charge in [0.15, 0.2) is 5.13 Å². The fraction of sp³-hybridized carbons (Fsp3) is 0.0833. The van der Waals surface area contributed by atoms with E-state index in [-0.39, 0.29) is 5.91 Å². The Kier molecular flexibility index (Phi) is 6.08. The van der Waals surface area contributed by atoms with Crippen molar-refractivity contribution in [2.75, 3.05) is 11.1 Å². The number of carbonyl (C=O) groups is 1. The predicted octanol–water partition coefficient (Wildman–Crippen LogP) is 6.84. The molecule has 4 rings (SSSR count). The van der Waals surface area contributed by atoms with E-state index in [1.54, 1.807) is 11.8 Å². The number of amides is 1. The van der Waals surface area contributed by atoms with Gasteiger partial charge in [0.05, 0.1) is 16.1 Å². The van der Waals surface area contributed by atoms with Gasteiger partial charge in [-0.15, -0.1) is 11.8 Å². The van der Waals surface area contributed by atoms with Crippen LogP contribution in [0.3, 0.4) is 0 Å².